The van der Waals surface area contributed by atoms with Gasteiger partial charge in [-0.3, -0.25) is 0 Å². The molecule has 0 bridgehead atoms. The van der Waals surface area contributed by atoms with Crippen LogP contribution in [0.25, 0.3) is 122 Å². The van der Waals surface area contributed by atoms with Gasteiger partial charge in [0.1, 0.15) is 11.2 Å². The Bertz CT molecular complexity index is 3650. The minimum Gasteiger partial charge on any atom is -0.455 e. The van der Waals surface area contributed by atoms with Gasteiger partial charge in [0.15, 0.2) is 17.5 Å². The summed E-state index contributed by atoms with van der Waals surface area (Å²) in [5.41, 5.74) is 13.4. The van der Waals surface area contributed by atoms with Crippen LogP contribution in [0.4, 0.5) is 0 Å². The summed E-state index contributed by atoms with van der Waals surface area (Å²) in [4.78, 5) is 15.9. The molecule has 0 saturated carbocycles. The van der Waals surface area contributed by atoms with Gasteiger partial charge in [0.2, 0.25) is 0 Å². The van der Waals surface area contributed by atoms with E-state index in [4.69, 9.17) is 19.4 Å². The smallest absolute Gasteiger partial charge is 0.164 e. The van der Waals surface area contributed by atoms with Gasteiger partial charge < -0.3 is 4.42 Å². The highest BCUT2D eigenvalue weighted by molar-refractivity contribution is 6.16. The van der Waals surface area contributed by atoms with E-state index in [1.807, 2.05) is 18.2 Å². The monoisotopic (exact) mass is 803 g/mol. The Balaban J connectivity index is 1.06. The lowest BCUT2D eigenvalue weighted by Crippen LogP contribution is -2.01. The van der Waals surface area contributed by atoms with Crippen molar-refractivity contribution in [1.82, 2.24) is 15.0 Å². The average Bonchev–Trinajstić information content (AvgIpc) is 3.76. The maximum atomic E-state index is 6.88. The van der Waals surface area contributed by atoms with Gasteiger partial charge in [-0.15, -0.1) is 0 Å². The van der Waals surface area contributed by atoms with Crippen LogP contribution in [0.15, 0.2) is 229 Å². The molecule has 0 atom stereocenters. The molecule has 2 aromatic heterocycles. The highest BCUT2D eigenvalue weighted by Gasteiger charge is 2.21. The van der Waals surface area contributed by atoms with Gasteiger partial charge in [-0.25, -0.2) is 15.0 Å². The fourth-order valence-electron chi connectivity index (χ4n) is 9.14. The van der Waals surface area contributed by atoms with Crippen molar-refractivity contribution in [3.63, 3.8) is 0 Å². The van der Waals surface area contributed by atoms with Gasteiger partial charge >= 0.3 is 0 Å². The molecule has 0 radical (unpaired) electrons. The minimum atomic E-state index is 0.578. The third kappa shape index (κ3) is 6.44. The van der Waals surface area contributed by atoms with E-state index in [1.165, 1.54) is 21.9 Å². The molecule has 63 heavy (non-hydrogen) atoms. The summed E-state index contributed by atoms with van der Waals surface area (Å²) in [6.07, 6.45) is 0. The average molecular weight is 804 g/mol. The molecule has 4 nitrogen and oxygen atoms in total. The van der Waals surface area contributed by atoms with Gasteiger partial charge in [-0.05, 0) is 84.8 Å². The van der Waals surface area contributed by atoms with Crippen LogP contribution in [0.5, 0.6) is 0 Å². The number of nitrogens with zero attached hydrogens (tertiary/aromatic N) is 3. The molecule has 0 N–H and O–H groups in total. The van der Waals surface area contributed by atoms with Crippen molar-refractivity contribution in [2.24, 2.45) is 0 Å². The summed E-state index contributed by atoms with van der Waals surface area (Å²) in [7, 11) is 0. The van der Waals surface area contributed by atoms with E-state index < -0.39 is 0 Å². The van der Waals surface area contributed by atoms with Gasteiger partial charge in [0.25, 0.3) is 0 Å². The molecule has 0 unspecified atom stereocenters. The van der Waals surface area contributed by atoms with E-state index in [2.05, 4.69) is 206 Å². The zero-order chi connectivity index (χ0) is 41.7. The Kier molecular flexibility index (Phi) is 8.79. The molecule has 0 amide bonds. The van der Waals surface area contributed by atoms with Crippen molar-refractivity contribution in [3.8, 4) is 78.7 Å². The molecular formula is C59H37N3O. The molecule has 2 heterocycles. The van der Waals surface area contributed by atoms with Crippen LogP contribution in [0, 0.1) is 0 Å². The third-order valence-electron chi connectivity index (χ3n) is 12.2. The van der Waals surface area contributed by atoms with E-state index in [9.17, 15) is 0 Å². The van der Waals surface area contributed by atoms with Crippen molar-refractivity contribution in [1.29, 1.82) is 0 Å². The molecule has 0 aliphatic heterocycles. The number of hydrogen-bond donors (Lipinski definition) is 0. The van der Waals surface area contributed by atoms with E-state index in [0.717, 1.165) is 82.8 Å². The van der Waals surface area contributed by atoms with Crippen LogP contribution in [-0.2, 0) is 0 Å². The van der Waals surface area contributed by atoms with Gasteiger partial charge in [0, 0.05) is 33.0 Å². The lowest BCUT2D eigenvalue weighted by atomic mass is 9.92. The van der Waals surface area contributed by atoms with Gasteiger partial charge in [-0.1, -0.05) is 200 Å². The Morgan fingerprint density at radius 2 is 0.778 bits per heavy atom. The fourth-order valence-corrected chi connectivity index (χ4v) is 9.14. The topological polar surface area (TPSA) is 51.8 Å². The van der Waals surface area contributed by atoms with Crippen LogP contribution >= 0.6 is 0 Å². The quantitative estimate of drug-likeness (QED) is 0.161. The maximum Gasteiger partial charge on any atom is 0.164 e. The zero-order valence-electron chi connectivity index (χ0n) is 34.1. The largest absolute Gasteiger partial charge is 0.455 e. The van der Waals surface area contributed by atoms with Gasteiger partial charge in [-0.2, -0.15) is 0 Å². The SMILES string of the molecule is c1ccc(-c2ccc(-c3nc(-c4ccc(-c5ccccc5)c5ccccc45)nc(-c4cccc5oc6c(-c7cc(-c8ccccc8)c8ccccc8c7)cccc6c45)n3)cc2)cc1. The normalized spacial score (nSPS) is 11.5. The zero-order valence-corrected chi connectivity index (χ0v) is 34.1. The van der Waals surface area contributed by atoms with Crippen molar-refractivity contribution in [3.05, 3.63) is 224 Å². The lowest BCUT2D eigenvalue weighted by molar-refractivity contribution is 0.670. The lowest BCUT2D eigenvalue weighted by Gasteiger charge is -2.13. The minimum absolute atomic E-state index is 0.578. The van der Waals surface area contributed by atoms with Crippen molar-refractivity contribution < 1.29 is 4.42 Å². The number of para-hydroxylation sites is 1. The van der Waals surface area contributed by atoms with Crippen molar-refractivity contribution in [2.75, 3.05) is 0 Å². The molecule has 0 saturated heterocycles. The van der Waals surface area contributed by atoms with Crippen molar-refractivity contribution in [2.45, 2.75) is 0 Å². The summed E-state index contributed by atoms with van der Waals surface area (Å²) >= 11 is 0. The molecular weight excluding hydrogens is 767 g/mol. The molecule has 0 aliphatic carbocycles. The summed E-state index contributed by atoms with van der Waals surface area (Å²) in [6, 6.07) is 78.7. The highest BCUT2D eigenvalue weighted by atomic mass is 16.3. The number of fused-ring (bicyclic) bond motifs is 5. The number of rotatable bonds is 7. The van der Waals surface area contributed by atoms with Crippen LogP contribution < -0.4 is 0 Å². The van der Waals surface area contributed by atoms with Crippen LogP contribution in [0.1, 0.15) is 0 Å². The molecule has 12 aromatic rings. The van der Waals surface area contributed by atoms with Crippen molar-refractivity contribution >= 4 is 43.5 Å². The first-order valence-corrected chi connectivity index (χ1v) is 21.3. The maximum absolute atomic E-state index is 6.88. The molecule has 12 rings (SSSR count). The van der Waals surface area contributed by atoms with Crippen LogP contribution in [0.3, 0.4) is 0 Å². The number of aromatic nitrogens is 3. The highest BCUT2D eigenvalue weighted by Crippen LogP contribution is 2.43. The molecule has 10 aromatic carbocycles. The number of furan rings is 1. The summed E-state index contributed by atoms with van der Waals surface area (Å²) in [5.74, 6) is 1.78. The first-order valence-electron chi connectivity index (χ1n) is 21.3. The molecule has 4 heteroatoms. The Hall–Kier alpha value is -8.47. The van der Waals surface area contributed by atoms with Crippen LogP contribution in [0.2, 0.25) is 0 Å². The molecule has 0 spiro atoms. The summed E-state index contributed by atoms with van der Waals surface area (Å²) in [5, 5.41) is 6.56. The van der Waals surface area contributed by atoms with E-state index in [0.29, 0.717) is 17.5 Å². The number of benzene rings is 10. The molecule has 294 valence electrons. The Morgan fingerprint density at radius 1 is 0.270 bits per heavy atom. The summed E-state index contributed by atoms with van der Waals surface area (Å²) < 4.78 is 6.88. The van der Waals surface area contributed by atoms with Crippen LogP contribution in [-0.4, -0.2) is 15.0 Å². The van der Waals surface area contributed by atoms with E-state index >= 15 is 0 Å². The van der Waals surface area contributed by atoms with E-state index in [-0.39, 0.29) is 0 Å². The Morgan fingerprint density at radius 3 is 1.51 bits per heavy atom. The predicted octanol–water partition coefficient (Wildman–Crippen LogP) is 15.7. The molecule has 0 fully saturated rings. The predicted molar refractivity (Wildman–Crippen MR) is 260 cm³/mol. The molecule has 0 aliphatic rings. The first kappa shape index (κ1) is 36.4. The second-order valence-electron chi connectivity index (χ2n) is 15.9. The second kappa shape index (κ2) is 15.2. The fraction of sp³-hybridized carbons (Fsp3) is 0. The summed E-state index contributed by atoms with van der Waals surface area (Å²) in [6.45, 7) is 0. The third-order valence-corrected chi connectivity index (χ3v) is 12.2. The first-order chi connectivity index (χ1) is 31.2. The Labute approximate surface area is 364 Å². The number of hydrogen-bond acceptors (Lipinski definition) is 4. The van der Waals surface area contributed by atoms with E-state index in [1.54, 1.807) is 0 Å². The van der Waals surface area contributed by atoms with Gasteiger partial charge in [0.05, 0.1) is 0 Å². The second-order valence-corrected chi connectivity index (χ2v) is 15.9. The standard InChI is InChI=1S/C59H37N3O/c1-4-16-38(17-5-1)39-30-32-42(33-31-39)57-60-58(50-35-34-46(40-18-6-2-7-19-40)48-24-12-13-25-49(48)50)62-59(61-57)52-28-15-29-54-55(52)51-27-14-26-47(56(51)63-54)44-36-43-22-10-11-23-45(43)53(37-44)41-20-8-3-9-21-41/h1-37H.